The summed E-state index contributed by atoms with van der Waals surface area (Å²) in [5.41, 5.74) is 1.41. The van der Waals surface area contributed by atoms with Crippen LogP contribution in [0.25, 0.3) is 11.1 Å². The molecular formula is C26H26ClNO5S. The average molecular weight is 500 g/mol. The molecule has 34 heavy (non-hydrogen) atoms. The summed E-state index contributed by atoms with van der Waals surface area (Å²) in [7, 11) is 0. The number of halogens is 1. The number of hydrogen-bond donors (Lipinski definition) is 2. The van der Waals surface area contributed by atoms with Crippen molar-refractivity contribution >= 4 is 34.5 Å². The second-order valence-corrected chi connectivity index (χ2v) is 10.1. The Morgan fingerprint density at radius 1 is 1.12 bits per heavy atom. The summed E-state index contributed by atoms with van der Waals surface area (Å²) in [6.07, 6.45) is 0.210. The first-order valence-electron chi connectivity index (χ1n) is 11.0. The van der Waals surface area contributed by atoms with Gasteiger partial charge in [0.1, 0.15) is 5.75 Å². The minimum atomic E-state index is -2.54. The van der Waals surface area contributed by atoms with Gasteiger partial charge in [-0.15, -0.1) is 0 Å². The van der Waals surface area contributed by atoms with Gasteiger partial charge >= 0.3 is 5.97 Å². The summed E-state index contributed by atoms with van der Waals surface area (Å²) >= 11 is 3.42. The number of rotatable bonds is 9. The molecule has 1 aliphatic rings. The van der Waals surface area contributed by atoms with Crippen LogP contribution in [0.1, 0.15) is 31.7 Å². The average Bonchev–Trinajstić information content (AvgIpc) is 3.55. The van der Waals surface area contributed by atoms with Crippen molar-refractivity contribution in [2.75, 3.05) is 10.9 Å². The predicted molar refractivity (Wildman–Crippen MR) is 135 cm³/mol. The van der Waals surface area contributed by atoms with Crippen LogP contribution in [0.3, 0.4) is 0 Å². The van der Waals surface area contributed by atoms with Crippen LogP contribution < -0.4 is 9.04 Å². The molecule has 0 radical (unpaired) electrons. The van der Waals surface area contributed by atoms with E-state index >= 15 is 0 Å². The topological polar surface area (TPSA) is 87.1 Å². The van der Waals surface area contributed by atoms with Gasteiger partial charge in [0, 0.05) is 10.9 Å². The van der Waals surface area contributed by atoms with E-state index in [1.807, 2.05) is 50.2 Å². The largest absolute Gasteiger partial charge is 0.493 e. The Bertz CT molecular complexity index is 1200. The van der Waals surface area contributed by atoms with Crippen LogP contribution in [0.5, 0.6) is 5.75 Å². The zero-order valence-electron chi connectivity index (χ0n) is 18.8. The molecule has 0 amide bonds. The predicted octanol–water partition coefficient (Wildman–Crippen LogP) is 6.00. The fourth-order valence-corrected chi connectivity index (χ4v) is 5.16. The fraction of sp³-hybridized carbons (Fsp3) is 0.269. The molecule has 2 N–H and O–H groups in total. The quantitative estimate of drug-likeness (QED) is 0.353. The van der Waals surface area contributed by atoms with E-state index < -0.39 is 28.7 Å². The van der Waals surface area contributed by atoms with Gasteiger partial charge in [-0.1, -0.05) is 61.8 Å². The Balaban J connectivity index is 1.64. The fourth-order valence-electron chi connectivity index (χ4n) is 4.17. The third-order valence-corrected chi connectivity index (χ3v) is 7.04. The summed E-state index contributed by atoms with van der Waals surface area (Å²) in [5.74, 6) is -0.595. The third-order valence-electron chi connectivity index (χ3n) is 5.94. The summed E-state index contributed by atoms with van der Waals surface area (Å²) in [4.78, 5) is 12.5. The molecule has 3 atom stereocenters. The highest BCUT2D eigenvalue weighted by molar-refractivity contribution is 7.80. The molecule has 0 heterocycles. The first-order chi connectivity index (χ1) is 16.2. The van der Waals surface area contributed by atoms with E-state index in [-0.39, 0.29) is 6.42 Å². The molecule has 0 bridgehead atoms. The van der Waals surface area contributed by atoms with E-state index in [1.54, 1.807) is 36.4 Å². The summed E-state index contributed by atoms with van der Waals surface area (Å²) in [5, 5.41) is 10.8. The van der Waals surface area contributed by atoms with Crippen LogP contribution >= 0.6 is 11.6 Å². The van der Waals surface area contributed by atoms with Gasteiger partial charge in [-0.05, 0) is 65.4 Å². The number of aliphatic carboxylic acids is 1. The molecule has 3 aromatic rings. The van der Waals surface area contributed by atoms with Crippen LogP contribution in [0.15, 0.2) is 72.8 Å². The van der Waals surface area contributed by atoms with Gasteiger partial charge in [0.05, 0.1) is 12.3 Å². The van der Waals surface area contributed by atoms with Crippen molar-refractivity contribution in [2.24, 2.45) is 5.92 Å². The first kappa shape index (κ1) is 24.3. The van der Waals surface area contributed by atoms with Gasteiger partial charge in [-0.2, -0.15) is 0 Å². The number of nitrogens with zero attached hydrogens (tertiary/aromatic N) is 1. The molecule has 3 unspecified atom stereocenters. The second kappa shape index (κ2) is 9.78. The molecule has 0 aromatic heterocycles. The minimum Gasteiger partial charge on any atom is -0.493 e. The van der Waals surface area contributed by atoms with E-state index in [0.717, 1.165) is 21.0 Å². The zero-order chi connectivity index (χ0) is 24.5. The summed E-state index contributed by atoms with van der Waals surface area (Å²) in [6, 6.07) is 21.6. The minimum absolute atomic E-state index is 0.210. The van der Waals surface area contributed by atoms with Gasteiger partial charge < -0.3 is 9.84 Å². The van der Waals surface area contributed by atoms with Gasteiger partial charge in [0.25, 0.3) is 11.3 Å². The molecule has 3 aromatic carbocycles. The van der Waals surface area contributed by atoms with Gasteiger partial charge in [-0.3, -0.25) is 8.86 Å². The zero-order valence-corrected chi connectivity index (χ0v) is 20.4. The maximum Gasteiger partial charge on any atom is 0.331 e. The lowest BCUT2D eigenvalue weighted by Crippen LogP contribution is -2.46. The van der Waals surface area contributed by atoms with E-state index in [0.29, 0.717) is 29.0 Å². The van der Waals surface area contributed by atoms with E-state index in [2.05, 4.69) is 0 Å². The van der Waals surface area contributed by atoms with Crippen LogP contribution in [0, 0.1) is 5.92 Å². The molecule has 4 rings (SSSR count). The molecule has 1 aliphatic carbocycles. The van der Waals surface area contributed by atoms with Crippen LogP contribution in [-0.4, -0.2) is 32.0 Å². The number of benzene rings is 3. The standard InChI is InChI=1S/C26H26ClNO5S/c1-17(2)16-33-23-5-3-4-20(14-23)24-15-26(24,25(29)30)28(34(31)32)22-12-8-19(9-13-22)18-6-10-21(27)11-7-18/h3-14,17,24H,15-16H2,1-2H3,(H,29,30)(H,31,32). The number of hydrogen-bond acceptors (Lipinski definition) is 3. The number of carboxylic acids is 1. The Hall–Kier alpha value is -2.87. The van der Waals surface area contributed by atoms with Crippen molar-refractivity contribution in [3.05, 3.63) is 83.4 Å². The third kappa shape index (κ3) is 4.82. The van der Waals surface area contributed by atoms with Crippen molar-refractivity contribution < 1.29 is 23.4 Å². The van der Waals surface area contributed by atoms with Gasteiger partial charge in [0.2, 0.25) is 0 Å². The van der Waals surface area contributed by atoms with Crippen LogP contribution in [0.4, 0.5) is 5.69 Å². The normalized spacial score (nSPS) is 20.1. The molecule has 178 valence electrons. The smallest absolute Gasteiger partial charge is 0.331 e. The van der Waals surface area contributed by atoms with Crippen molar-refractivity contribution in [1.29, 1.82) is 0 Å². The lowest BCUT2D eigenvalue weighted by molar-refractivity contribution is -0.139. The molecule has 0 aliphatic heterocycles. The molecule has 0 saturated heterocycles. The Kier molecular flexibility index (Phi) is 6.98. The number of ether oxygens (including phenoxy) is 1. The lowest BCUT2D eigenvalue weighted by Gasteiger charge is -2.28. The monoisotopic (exact) mass is 499 g/mol. The van der Waals surface area contributed by atoms with Crippen LogP contribution in [0.2, 0.25) is 5.02 Å². The maximum absolute atomic E-state index is 12.5. The molecule has 1 fully saturated rings. The highest BCUT2D eigenvalue weighted by Crippen LogP contribution is 2.57. The highest BCUT2D eigenvalue weighted by atomic mass is 35.5. The van der Waals surface area contributed by atoms with Crippen molar-refractivity contribution in [1.82, 2.24) is 0 Å². The second-order valence-electron chi connectivity index (χ2n) is 8.84. The van der Waals surface area contributed by atoms with E-state index in [4.69, 9.17) is 16.3 Å². The van der Waals surface area contributed by atoms with Crippen molar-refractivity contribution in [3.63, 3.8) is 0 Å². The summed E-state index contributed by atoms with van der Waals surface area (Å²) in [6.45, 7) is 4.64. The molecular weight excluding hydrogens is 474 g/mol. The van der Waals surface area contributed by atoms with E-state index in [9.17, 15) is 18.7 Å². The Morgan fingerprint density at radius 3 is 2.29 bits per heavy atom. The number of carboxylic acid groups (broad SMARTS) is 1. The van der Waals surface area contributed by atoms with E-state index in [1.165, 1.54) is 0 Å². The van der Waals surface area contributed by atoms with Gasteiger partial charge in [0.15, 0.2) is 5.54 Å². The molecule has 8 heteroatoms. The van der Waals surface area contributed by atoms with Crippen molar-refractivity contribution in [2.45, 2.75) is 31.7 Å². The SMILES string of the molecule is CC(C)COc1cccc(C2CC2(C(=O)O)N(c2ccc(-c3ccc(Cl)cc3)cc2)S(=O)O)c1. The molecule has 6 nitrogen and oxygen atoms in total. The summed E-state index contributed by atoms with van der Waals surface area (Å²) < 4.78 is 29.5. The lowest BCUT2D eigenvalue weighted by atomic mass is 10.0. The van der Waals surface area contributed by atoms with Gasteiger partial charge in [-0.25, -0.2) is 9.00 Å². The highest BCUT2D eigenvalue weighted by Gasteiger charge is 2.67. The molecule has 1 saturated carbocycles. The molecule has 0 spiro atoms. The maximum atomic E-state index is 12.5. The number of carbonyl (C=O) groups is 1. The number of anilines is 1. The Labute approximate surface area is 206 Å². The van der Waals surface area contributed by atoms with Crippen molar-refractivity contribution in [3.8, 4) is 16.9 Å². The first-order valence-corrected chi connectivity index (χ1v) is 12.4. The van der Waals surface area contributed by atoms with Crippen LogP contribution in [-0.2, 0) is 16.1 Å². The Morgan fingerprint density at radius 2 is 1.74 bits per heavy atom.